The van der Waals surface area contributed by atoms with E-state index >= 15 is 0 Å². The summed E-state index contributed by atoms with van der Waals surface area (Å²) in [5.41, 5.74) is -2.52. The van der Waals surface area contributed by atoms with Crippen molar-refractivity contribution in [3.63, 3.8) is 0 Å². The highest BCUT2D eigenvalue weighted by Gasteiger charge is 2.43. The molecule has 11 heteroatoms. The second-order valence-corrected chi connectivity index (χ2v) is 14.0. The Hall–Kier alpha value is -1.47. The number of ether oxygens (including phenoxy) is 2. The molecule has 37 heavy (non-hydrogen) atoms. The molecule has 0 fully saturated rings. The summed E-state index contributed by atoms with van der Waals surface area (Å²) in [6.45, 7) is 16.2. The van der Waals surface area contributed by atoms with E-state index in [0.717, 1.165) is 12.8 Å². The summed E-state index contributed by atoms with van der Waals surface area (Å²) in [4.78, 5) is 48.8. The zero-order valence-corrected chi connectivity index (χ0v) is 26.0. The minimum Gasteiger partial charge on any atom is -0.481 e. The van der Waals surface area contributed by atoms with E-state index in [0.29, 0.717) is 32.7 Å². The van der Waals surface area contributed by atoms with Crippen molar-refractivity contribution in [2.24, 2.45) is 10.8 Å². The zero-order valence-electron chi connectivity index (χ0n) is 23.8. The molecule has 0 radical (unpaired) electrons. The first kappa shape index (κ1) is 35.5. The van der Waals surface area contributed by atoms with Crippen molar-refractivity contribution in [2.75, 3.05) is 39.5 Å². The van der Waals surface area contributed by atoms with E-state index in [9.17, 15) is 24.3 Å². The van der Waals surface area contributed by atoms with Gasteiger partial charge < -0.3 is 30.5 Å². The lowest BCUT2D eigenvalue weighted by molar-refractivity contribution is -0.148. The minimum absolute atomic E-state index is 0.00163. The summed E-state index contributed by atoms with van der Waals surface area (Å²) in [6, 6.07) is 0. The van der Waals surface area contributed by atoms with Gasteiger partial charge >= 0.3 is 5.97 Å². The maximum atomic E-state index is 13.0. The molecule has 10 nitrogen and oxygen atoms in total. The molecule has 0 saturated carbocycles. The molecule has 4 N–H and O–H groups in total. The molecule has 3 amide bonds. The molecule has 0 bridgehead atoms. The number of rotatable bonds is 19. The first-order valence-corrected chi connectivity index (χ1v) is 13.9. The number of carbonyl (C=O) groups is 4. The van der Waals surface area contributed by atoms with Crippen LogP contribution < -0.4 is 16.0 Å². The topological polar surface area (TPSA) is 143 Å². The van der Waals surface area contributed by atoms with Crippen molar-refractivity contribution in [1.29, 1.82) is 0 Å². The quantitative estimate of drug-likeness (QED) is 0.0965. The van der Waals surface area contributed by atoms with Crippen LogP contribution in [0.4, 0.5) is 0 Å². The fourth-order valence-corrected chi connectivity index (χ4v) is 5.06. The molecule has 0 aromatic heterocycles. The van der Waals surface area contributed by atoms with Crippen molar-refractivity contribution >= 4 is 46.3 Å². The molecule has 0 aromatic carbocycles. The Bertz CT molecular complexity index is 767. The molecular weight excluding hydrogens is 593 g/mol. The summed E-state index contributed by atoms with van der Waals surface area (Å²) in [5.74, 6) is -1.53. The molecule has 0 aliphatic carbocycles. The van der Waals surface area contributed by atoms with E-state index in [1.165, 1.54) is 0 Å². The Morgan fingerprint density at radius 1 is 0.784 bits per heavy atom. The van der Waals surface area contributed by atoms with Gasteiger partial charge in [0.2, 0.25) is 17.7 Å². The summed E-state index contributed by atoms with van der Waals surface area (Å²) in [6.07, 6.45) is 2.50. The van der Waals surface area contributed by atoms with Crippen LogP contribution in [0.1, 0.15) is 81.1 Å². The predicted molar refractivity (Wildman–Crippen MR) is 152 cm³/mol. The number of hydrogen-bond donors (Lipinski definition) is 4. The fraction of sp³-hybridized carbons (Fsp3) is 0.846. The van der Waals surface area contributed by atoms with Crippen molar-refractivity contribution < 1.29 is 33.8 Å². The second kappa shape index (κ2) is 15.8. The van der Waals surface area contributed by atoms with Crippen molar-refractivity contribution in [1.82, 2.24) is 16.0 Å². The van der Waals surface area contributed by atoms with Crippen LogP contribution in [0, 0.1) is 10.8 Å². The van der Waals surface area contributed by atoms with Gasteiger partial charge in [-0.2, -0.15) is 0 Å². The summed E-state index contributed by atoms with van der Waals surface area (Å²) >= 11 is 2.00. The Kier molecular flexibility index (Phi) is 15.2. The first-order chi connectivity index (χ1) is 16.9. The number of halogens is 1. The van der Waals surface area contributed by atoms with Gasteiger partial charge in [-0.1, -0.05) is 49.8 Å². The standard InChI is InChI=1S/C26H48IN3O7/c1-9-10-11-28-19(31)16-37-15-14-36-13-12-29-20(32)23(2,3)17-25(6,7)30-21(33)26(8,27)18-24(4,5)22(34)35/h9-18H2,1-8H3,(H,28,31)(H,29,32)(H,30,33)(H,34,35). The monoisotopic (exact) mass is 641 g/mol. The number of alkyl halides is 1. The number of unbranched alkanes of at least 4 members (excludes halogenated alkanes) is 1. The largest absolute Gasteiger partial charge is 0.481 e. The maximum absolute atomic E-state index is 13.0. The second-order valence-electron chi connectivity index (χ2n) is 11.6. The lowest BCUT2D eigenvalue weighted by atomic mass is 9.78. The number of hydrogen-bond acceptors (Lipinski definition) is 6. The van der Waals surface area contributed by atoms with Crippen molar-refractivity contribution in [2.45, 2.75) is 90.0 Å². The van der Waals surface area contributed by atoms with Crippen LogP contribution in [0.3, 0.4) is 0 Å². The molecular formula is C26H48IN3O7. The van der Waals surface area contributed by atoms with Crippen LogP contribution in [0.15, 0.2) is 0 Å². The Morgan fingerprint density at radius 2 is 1.38 bits per heavy atom. The van der Waals surface area contributed by atoms with Crippen LogP contribution in [-0.2, 0) is 28.7 Å². The van der Waals surface area contributed by atoms with Crippen LogP contribution in [-0.4, -0.2) is 77.3 Å². The number of amides is 3. The molecule has 1 atom stereocenters. The van der Waals surface area contributed by atoms with Crippen molar-refractivity contribution in [3.8, 4) is 0 Å². The lowest BCUT2D eigenvalue weighted by Gasteiger charge is -2.38. The molecule has 216 valence electrons. The third kappa shape index (κ3) is 14.9. The SMILES string of the molecule is CCCCNC(=O)COCCOCCNC(=O)C(C)(C)CC(C)(C)NC(=O)C(C)(I)CC(C)(C)C(=O)O. The van der Waals surface area contributed by atoms with E-state index in [2.05, 4.69) is 22.9 Å². The summed E-state index contributed by atoms with van der Waals surface area (Å²) in [5, 5.41) is 18.1. The minimum atomic E-state index is -1.05. The van der Waals surface area contributed by atoms with Gasteiger partial charge in [-0.05, 0) is 53.9 Å². The predicted octanol–water partition coefficient (Wildman–Crippen LogP) is 3.06. The van der Waals surface area contributed by atoms with Gasteiger partial charge in [0.25, 0.3) is 0 Å². The third-order valence-electron chi connectivity index (χ3n) is 5.77. The van der Waals surface area contributed by atoms with Gasteiger partial charge in [0.1, 0.15) is 6.61 Å². The van der Waals surface area contributed by atoms with Gasteiger partial charge in [0, 0.05) is 24.0 Å². The maximum Gasteiger partial charge on any atom is 0.309 e. The van der Waals surface area contributed by atoms with Crippen molar-refractivity contribution in [3.05, 3.63) is 0 Å². The van der Waals surface area contributed by atoms with Crippen LogP contribution >= 0.6 is 22.6 Å². The number of carboxylic acids is 1. The molecule has 0 aliphatic heterocycles. The summed E-state index contributed by atoms with van der Waals surface area (Å²) < 4.78 is 9.79. The number of carbonyl (C=O) groups excluding carboxylic acids is 3. The highest BCUT2D eigenvalue weighted by molar-refractivity contribution is 14.1. The van der Waals surface area contributed by atoms with Gasteiger partial charge in [-0.3, -0.25) is 19.2 Å². The van der Waals surface area contributed by atoms with E-state index in [1.54, 1.807) is 20.8 Å². The van der Waals surface area contributed by atoms with E-state index in [-0.39, 0.29) is 37.4 Å². The molecule has 0 rings (SSSR count). The van der Waals surface area contributed by atoms with E-state index in [4.69, 9.17) is 9.47 Å². The molecule has 0 heterocycles. The fourth-order valence-electron chi connectivity index (χ4n) is 3.97. The first-order valence-electron chi connectivity index (χ1n) is 12.8. The van der Waals surface area contributed by atoms with Gasteiger partial charge in [0.05, 0.1) is 28.7 Å². The Balaban J connectivity index is 4.45. The molecule has 0 aromatic rings. The van der Waals surface area contributed by atoms with Crippen LogP contribution in [0.5, 0.6) is 0 Å². The third-order valence-corrected chi connectivity index (χ3v) is 6.64. The highest BCUT2D eigenvalue weighted by Crippen LogP contribution is 2.36. The van der Waals surface area contributed by atoms with E-state index < -0.39 is 25.8 Å². The number of aliphatic carboxylic acids is 1. The van der Waals surface area contributed by atoms with Crippen LogP contribution in [0.2, 0.25) is 0 Å². The zero-order chi connectivity index (χ0) is 28.9. The Labute approximate surface area is 235 Å². The molecule has 0 saturated heterocycles. The molecule has 0 spiro atoms. The van der Waals surface area contributed by atoms with Gasteiger partial charge in [-0.25, -0.2) is 0 Å². The van der Waals surface area contributed by atoms with Gasteiger partial charge in [-0.15, -0.1) is 0 Å². The van der Waals surface area contributed by atoms with E-state index in [1.807, 2.05) is 50.3 Å². The average Bonchev–Trinajstić information content (AvgIpc) is 2.73. The number of nitrogens with one attached hydrogen (secondary N) is 3. The Morgan fingerprint density at radius 3 is 1.95 bits per heavy atom. The molecule has 1 unspecified atom stereocenters. The normalized spacial score (nSPS) is 14.0. The highest BCUT2D eigenvalue weighted by atomic mass is 127. The number of carboxylic acid groups (broad SMARTS) is 1. The van der Waals surface area contributed by atoms with Gasteiger partial charge in [0.15, 0.2) is 0 Å². The average molecular weight is 642 g/mol. The molecule has 0 aliphatic rings. The van der Waals surface area contributed by atoms with Crippen LogP contribution in [0.25, 0.3) is 0 Å². The smallest absolute Gasteiger partial charge is 0.309 e. The lowest BCUT2D eigenvalue weighted by Crippen LogP contribution is -2.54. The summed E-state index contributed by atoms with van der Waals surface area (Å²) in [7, 11) is 0.